The summed E-state index contributed by atoms with van der Waals surface area (Å²) in [5.41, 5.74) is 3.42. The summed E-state index contributed by atoms with van der Waals surface area (Å²) in [7, 11) is 0. The standard InChI is InChI=1S/C15H9N3O3S2/c19-12-11(17-15(22)18-12)4-9-6-23-13(16-9)7-1-2-10-8(3-7)5-21-14(10)20/h1-4,6H,5H2,(H2,17,18,19,22)/b11-4+. The lowest BCUT2D eigenvalue weighted by molar-refractivity contribution is -0.115. The van der Waals surface area contributed by atoms with Gasteiger partial charge in [0, 0.05) is 16.5 Å². The number of carbonyl (C=O) groups excluding carboxylic acids is 2. The summed E-state index contributed by atoms with van der Waals surface area (Å²) in [6.45, 7) is 0.297. The Bertz CT molecular complexity index is 901. The molecule has 4 rings (SSSR count). The second kappa shape index (κ2) is 5.25. The molecule has 0 aliphatic carbocycles. The van der Waals surface area contributed by atoms with Crippen LogP contribution >= 0.6 is 23.6 Å². The van der Waals surface area contributed by atoms with E-state index in [1.807, 2.05) is 17.5 Å². The number of benzene rings is 1. The molecule has 1 saturated heterocycles. The molecule has 0 unspecified atom stereocenters. The van der Waals surface area contributed by atoms with E-state index >= 15 is 0 Å². The third kappa shape index (κ3) is 2.51. The summed E-state index contributed by atoms with van der Waals surface area (Å²) in [4.78, 5) is 27.6. The van der Waals surface area contributed by atoms with Gasteiger partial charge in [-0.05, 0) is 30.4 Å². The predicted octanol–water partition coefficient (Wildman–Crippen LogP) is 1.83. The van der Waals surface area contributed by atoms with E-state index in [4.69, 9.17) is 17.0 Å². The fourth-order valence-corrected chi connectivity index (χ4v) is 3.36. The lowest BCUT2D eigenvalue weighted by atomic mass is 10.1. The summed E-state index contributed by atoms with van der Waals surface area (Å²) in [5, 5.41) is 8.24. The Balaban J connectivity index is 1.64. The number of amides is 1. The monoisotopic (exact) mass is 343 g/mol. The van der Waals surface area contributed by atoms with Crippen LogP contribution in [0, 0.1) is 0 Å². The van der Waals surface area contributed by atoms with Gasteiger partial charge in [0.2, 0.25) is 0 Å². The summed E-state index contributed by atoms with van der Waals surface area (Å²) >= 11 is 6.35. The highest BCUT2D eigenvalue weighted by Gasteiger charge is 2.22. The normalized spacial score (nSPS) is 17.9. The number of rotatable bonds is 2. The number of ether oxygens (including phenoxy) is 1. The molecule has 3 heterocycles. The number of nitrogens with one attached hydrogen (secondary N) is 2. The molecule has 1 aromatic carbocycles. The minimum atomic E-state index is -0.287. The number of aromatic nitrogens is 1. The Morgan fingerprint density at radius 1 is 1.30 bits per heavy atom. The Labute approximate surface area is 140 Å². The van der Waals surface area contributed by atoms with Crippen LogP contribution in [-0.4, -0.2) is 22.0 Å². The summed E-state index contributed by atoms with van der Waals surface area (Å²) in [6.07, 6.45) is 1.65. The van der Waals surface area contributed by atoms with E-state index < -0.39 is 0 Å². The van der Waals surface area contributed by atoms with Crippen LogP contribution in [0.25, 0.3) is 16.6 Å². The van der Waals surface area contributed by atoms with E-state index in [0.717, 1.165) is 16.1 Å². The molecular weight excluding hydrogens is 334 g/mol. The summed E-state index contributed by atoms with van der Waals surface area (Å²) in [6, 6.07) is 5.51. The van der Waals surface area contributed by atoms with Gasteiger partial charge in [-0.25, -0.2) is 9.78 Å². The molecule has 2 N–H and O–H groups in total. The van der Waals surface area contributed by atoms with Crippen LogP contribution in [0.4, 0.5) is 0 Å². The van der Waals surface area contributed by atoms with Crippen LogP contribution in [0.5, 0.6) is 0 Å². The fourth-order valence-electron chi connectivity index (χ4n) is 2.38. The molecule has 2 aliphatic rings. The maximum atomic E-state index is 11.6. The molecule has 114 valence electrons. The topological polar surface area (TPSA) is 80.3 Å². The van der Waals surface area contributed by atoms with Gasteiger partial charge in [-0.1, -0.05) is 6.07 Å². The van der Waals surface area contributed by atoms with Crippen molar-refractivity contribution in [2.45, 2.75) is 6.61 Å². The highest BCUT2D eigenvalue weighted by atomic mass is 32.1. The van der Waals surface area contributed by atoms with E-state index in [2.05, 4.69) is 15.6 Å². The van der Waals surface area contributed by atoms with Gasteiger partial charge >= 0.3 is 5.97 Å². The zero-order valence-corrected chi connectivity index (χ0v) is 13.2. The minimum absolute atomic E-state index is 0.266. The predicted molar refractivity (Wildman–Crippen MR) is 88.5 cm³/mol. The number of cyclic esters (lactones) is 1. The number of nitrogens with zero attached hydrogens (tertiary/aromatic N) is 1. The van der Waals surface area contributed by atoms with Gasteiger partial charge in [0.15, 0.2) is 5.11 Å². The molecule has 8 heteroatoms. The third-order valence-corrected chi connectivity index (χ3v) is 4.58. The van der Waals surface area contributed by atoms with E-state index in [1.54, 1.807) is 12.1 Å². The summed E-state index contributed by atoms with van der Waals surface area (Å²) in [5.74, 6) is -0.553. The van der Waals surface area contributed by atoms with Crippen molar-refractivity contribution < 1.29 is 14.3 Å². The van der Waals surface area contributed by atoms with Crippen LogP contribution < -0.4 is 10.6 Å². The maximum absolute atomic E-state index is 11.6. The third-order valence-electron chi connectivity index (χ3n) is 3.46. The van der Waals surface area contributed by atoms with Crippen molar-refractivity contribution in [3.8, 4) is 10.6 Å². The van der Waals surface area contributed by atoms with Crippen molar-refractivity contribution in [1.29, 1.82) is 0 Å². The summed E-state index contributed by atoms with van der Waals surface area (Å²) < 4.78 is 5.00. The van der Waals surface area contributed by atoms with E-state index in [-0.39, 0.29) is 11.9 Å². The molecular formula is C15H9N3O3S2. The van der Waals surface area contributed by atoms with Crippen LogP contribution in [-0.2, 0) is 16.1 Å². The van der Waals surface area contributed by atoms with Crippen molar-refractivity contribution in [2.75, 3.05) is 0 Å². The number of esters is 1. The smallest absolute Gasteiger partial charge is 0.338 e. The first-order valence-corrected chi connectivity index (χ1v) is 7.99. The number of hydrogen-bond donors (Lipinski definition) is 2. The Hall–Kier alpha value is -2.58. The van der Waals surface area contributed by atoms with Gasteiger partial charge in [-0.3, -0.25) is 10.1 Å². The zero-order valence-electron chi connectivity index (χ0n) is 11.6. The van der Waals surface area contributed by atoms with Crippen LogP contribution in [0.2, 0.25) is 0 Å². The molecule has 1 aromatic heterocycles. The van der Waals surface area contributed by atoms with Gasteiger partial charge in [-0.2, -0.15) is 0 Å². The zero-order chi connectivity index (χ0) is 16.0. The van der Waals surface area contributed by atoms with Crippen molar-refractivity contribution in [1.82, 2.24) is 15.6 Å². The molecule has 1 amide bonds. The van der Waals surface area contributed by atoms with Crippen LogP contribution in [0.3, 0.4) is 0 Å². The highest BCUT2D eigenvalue weighted by Crippen LogP contribution is 2.29. The molecule has 2 aromatic rings. The molecule has 23 heavy (non-hydrogen) atoms. The molecule has 0 spiro atoms. The van der Waals surface area contributed by atoms with Crippen molar-refractivity contribution in [3.05, 3.63) is 46.1 Å². The molecule has 0 bridgehead atoms. The number of thiocarbonyl (C=S) groups is 1. The first kappa shape index (κ1) is 14.0. The van der Waals surface area contributed by atoms with E-state index in [1.165, 1.54) is 11.3 Å². The average Bonchev–Trinajstić information content (AvgIpc) is 3.21. The van der Waals surface area contributed by atoms with E-state index in [9.17, 15) is 9.59 Å². The maximum Gasteiger partial charge on any atom is 0.338 e. The van der Waals surface area contributed by atoms with Crippen molar-refractivity contribution >= 4 is 46.6 Å². The van der Waals surface area contributed by atoms with Crippen molar-refractivity contribution in [2.24, 2.45) is 0 Å². The Morgan fingerprint density at radius 3 is 2.96 bits per heavy atom. The average molecular weight is 343 g/mol. The molecule has 0 radical (unpaired) electrons. The molecule has 2 aliphatic heterocycles. The number of fused-ring (bicyclic) bond motifs is 1. The number of carbonyl (C=O) groups is 2. The van der Waals surface area contributed by atoms with Gasteiger partial charge < -0.3 is 10.1 Å². The van der Waals surface area contributed by atoms with Crippen LogP contribution in [0.1, 0.15) is 21.6 Å². The molecule has 1 fully saturated rings. The molecule has 0 saturated carbocycles. The molecule has 6 nitrogen and oxygen atoms in total. The first-order chi connectivity index (χ1) is 11.1. The quantitative estimate of drug-likeness (QED) is 0.492. The second-order valence-corrected chi connectivity index (χ2v) is 6.26. The lowest BCUT2D eigenvalue weighted by Crippen LogP contribution is -2.21. The van der Waals surface area contributed by atoms with Gasteiger partial charge in [0.05, 0.1) is 11.3 Å². The van der Waals surface area contributed by atoms with Gasteiger partial charge in [0.25, 0.3) is 5.91 Å². The highest BCUT2D eigenvalue weighted by molar-refractivity contribution is 7.80. The largest absolute Gasteiger partial charge is 0.457 e. The minimum Gasteiger partial charge on any atom is -0.457 e. The SMILES string of the molecule is O=C1NC(=S)N/C1=C/c1csc(-c2ccc3c(c2)COC3=O)n1. The van der Waals surface area contributed by atoms with Crippen LogP contribution in [0.15, 0.2) is 29.3 Å². The Kier molecular flexibility index (Phi) is 3.21. The second-order valence-electron chi connectivity index (χ2n) is 4.99. The van der Waals surface area contributed by atoms with Gasteiger partial charge in [0.1, 0.15) is 17.3 Å². The molecule has 0 atom stereocenters. The van der Waals surface area contributed by atoms with E-state index in [0.29, 0.717) is 28.7 Å². The lowest BCUT2D eigenvalue weighted by Gasteiger charge is -1.98. The van der Waals surface area contributed by atoms with Gasteiger partial charge in [-0.15, -0.1) is 11.3 Å². The first-order valence-electron chi connectivity index (χ1n) is 6.70. The van der Waals surface area contributed by atoms with Crippen molar-refractivity contribution in [3.63, 3.8) is 0 Å². The fraction of sp³-hybridized carbons (Fsp3) is 0.0667. The Morgan fingerprint density at radius 2 is 2.17 bits per heavy atom. The number of thiazole rings is 1. The number of hydrogen-bond acceptors (Lipinski definition) is 6.